The fourth-order valence-corrected chi connectivity index (χ4v) is 2.44. The van der Waals surface area contributed by atoms with Gasteiger partial charge in [0.2, 0.25) is 0 Å². The van der Waals surface area contributed by atoms with Crippen LogP contribution in [0.3, 0.4) is 0 Å². The minimum Gasteiger partial charge on any atom is -0.494 e. The number of nitrogens with zero attached hydrogens (tertiary/aromatic N) is 3. The van der Waals surface area contributed by atoms with Crippen LogP contribution in [0.25, 0.3) is 17.0 Å². The lowest BCUT2D eigenvalue weighted by atomic mass is 10.1. The van der Waals surface area contributed by atoms with E-state index in [-0.39, 0.29) is 5.88 Å². The minimum atomic E-state index is 0.113. The molecule has 3 aromatic rings. The topological polar surface area (TPSA) is 99.1 Å². The molecule has 2 aromatic carbocycles. The summed E-state index contributed by atoms with van der Waals surface area (Å²) in [5.74, 6) is 0.113. The van der Waals surface area contributed by atoms with E-state index < -0.39 is 0 Å². The third kappa shape index (κ3) is 1.85. The summed E-state index contributed by atoms with van der Waals surface area (Å²) in [5, 5.41) is 24.1. The largest absolute Gasteiger partial charge is 0.494 e. The number of aromatic hydroxyl groups is 1. The van der Waals surface area contributed by atoms with Crippen molar-refractivity contribution in [2.24, 2.45) is 15.4 Å². The third-order valence-electron chi connectivity index (χ3n) is 3.46. The normalized spacial score (nSPS) is 13.6. The number of benzene rings is 2. The zero-order chi connectivity index (χ0) is 14.4. The number of hydrogen-bond acceptors (Lipinski definition) is 5. The molecule has 102 valence electrons. The molecule has 1 aromatic heterocycles. The first-order valence-electron chi connectivity index (χ1n) is 6.41. The van der Waals surface area contributed by atoms with Crippen LogP contribution in [-0.4, -0.2) is 10.1 Å². The molecular weight excluding hydrogens is 266 g/mol. The molecule has 0 spiro atoms. The highest BCUT2D eigenvalue weighted by Crippen LogP contribution is 2.29. The van der Waals surface area contributed by atoms with E-state index in [2.05, 4.69) is 20.4 Å². The highest BCUT2D eigenvalue weighted by Gasteiger charge is 2.09. The number of anilines is 1. The smallest absolute Gasteiger partial charge is 0.196 e. The van der Waals surface area contributed by atoms with Crippen LogP contribution in [-0.2, 0) is 0 Å². The van der Waals surface area contributed by atoms with Crippen LogP contribution in [0.2, 0.25) is 0 Å². The number of nitrogen functional groups attached to an aromatic ring is 1. The van der Waals surface area contributed by atoms with Crippen LogP contribution < -0.4 is 16.3 Å². The van der Waals surface area contributed by atoms with Gasteiger partial charge < -0.3 is 15.8 Å². The van der Waals surface area contributed by atoms with Gasteiger partial charge in [0.15, 0.2) is 5.88 Å². The fraction of sp³-hybridized carbons (Fsp3) is 0. The lowest BCUT2D eigenvalue weighted by Crippen LogP contribution is -2.06. The molecule has 1 aliphatic heterocycles. The summed E-state index contributed by atoms with van der Waals surface area (Å²) < 4.78 is 0. The van der Waals surface area contributed by atoms with E-state index >= 15 is 0 Å². The fourth-order valence-electron chi connectivity index (χ4n) is 2.44. The van der Waals surface area contributed by atoms with E-state index in [0.717, 1.165) is 27.2 Å². The predicted octanol–water partition coefficient (Wildman–Crippen LogP) is 1.92. The van der Waals surface area contributed by atoms with Crippen molar-refractivity contribution in [2.45, 2.75) is 0 Å². The maximum Gasteiger partial charge on any atom is 0.196 e. The van der Waals surface area contributed by atoms with Crippen LogP contribution >= 0.6 is 0 Å². The Labute approximate surface area is 118 Å². The SMILES string of the molecule is Nc1ccc2[nH]c(O)c(/C=c3\ccc4c(c3)N=NN=4)c2c1. The Bertz CT molecular complexity index is 1020. The maximum absolute atomic E-state index is 10.1. The Hall–Kier alpha value is -3.15. The van der Waals surface area contributed by atoms with Crippen molar-refractivity contribution in [3.05, 3.63) is 52.5 Å². The molecule has 0 fully saturated rings. The maximum atomic E-state index is 10.1. The number of nitrogens with two attached hydrogens (primary N) is 1. The molecule has 6 nitrogen and oxygen atoms in total. The highest BCUT2D eigenvalue weighted by atomic mass is 16.3. The summed E-state index contributed by atoms with van der Waals surface area (Å²) >= 11 is 0. The van der Waals surface area contributed by atoms with E-state index in [1.807, 2.05) is 36.4 Å². The van der Waals surface area contributed by atoms with E-state index in [1.165, 1.54) is 0 Å². The van der Waals surface area contributed by atoms with Gasteiger partial charge in [-0.2, -0.15) is 0 Å². The number of aromatic amines is 1. The van der Waals surface area contributed by atoms with Crippen LogP contribution in [0.4, 0.5) is 11.4 Å². The molecule has 6 heteroatoms. The van der Waals surface area contributed by atoms with Crippen molar-refractivity contribution in [3.63, 3.8) is 0 Å². The average Bonchev–Trinajstić information content (AvgIpc) is 3.04. The Balaban J connectivity index is 1.97. The van der Waals surface area contributed by atoms with Gasteiger partial charge in [0, 0.05) is 22.2 Å². The Kier molecular flexibility index (Phi) is 2.32. The summed E-state index contributed by atoms with van der Waals surface area (Å²) in [7, 11) is 0. The predicted molar refractivity (Wildman–Crippen MR) is 79.7 cm³/mol. The lowest BCUT2D eigenvalue weighted by Gasteiger charge is -1.95. The van der Waals surface area contributed by atoms with Gasteiger partial charge in [-0.05, 0) is 46.8 Å². The number of H-pyrrole nitrogens is 1. The number of hydrogen-bond donors (Lipinski definition) is 3. The van der Waals surface area contributed by atoms with Gasteiger partial charge in [0.25, 0.3) is 0 Å². The minimum absolute atomic E-state index is 0.113. The summed E-state index contributed by atoms with van der Waals surface area (Å²) in [6.07, 6.45) is 1.88. The first-order valence-corrected chi connectivity index (χ1v) is 6.41. The van der Waals surface area contributed by atoms with Gasteiger partial charge in [0.1, 0.15) is 11.0 Å². The molecule has 4 N–H and O–H groups in total. The van der Waals surface area contributed by atoms with Crippen molar-refractivity contribution >= 4 is 28.4 Å². The van der Waals surface area contributed by atoms with E-state index in [9.17, 15) is 5.11 Å². The van der Waals surface area contributed by atoms with Crippen molar-refractivity contribution in [1.82, 2.24) is 4.98 Å². The molecule has 4 rings (SSSR count). The molecule has 0 atom stereocenters. The van der Waals surface area contributed by atoms with Crippen LogP contribution in [0.1, 0.15) is 5.56 Å². The highest BCUT2D eigenvalue weighted by molar-refractivity contribution is 5.93. The van der Waals surface area contributed by atoms with Gasteiger partial charge in [-0.3, -0.25) is 0 Å². The second-order valence-electron chi connectivity index (χ2n) is 4.87. The van der Waals surface area contributed by atoms with Crippen molar-refractivity contribution in [3.8, 4) is 5.88 Å². The molecule has 2 heterocycles. The van der Waals surface area contributed by atoms with E-state index in [1.54, 1.807) is 6.07 Å². The van der Waals surface area contributed by atoms with Crippen LogP contribution in [0.15, 0.2) is 51.8 Å². The average molecular weight is 277 g/mol. The second-order valence-corrected chi connectivity index (χ2v) is 4.87. The molecule has 0 bridgehead atoms. The number of rotatable bonds is 1. The number of nitrogens with one attached hydrogen (secondary N) is 1. The van der Waals surface area contributed by atoms with Crippen LogP contribution in [0, 0.1) is 0 Å². The summed E-state index contributed by atoms with van der Waals surface area (Å²) in [6.45, 7) is 0. The molecule has 0 amide bonds. The molecule has 0 saturated carbocycles. The summed E-state index contributed by atoms with van der Waals surface area (Å²) in [4.78, 5) is 2.94. The molecule has 21 heavy (non-hydrogen) atoms. The Morgan fingerprint density at radius 2 is 2.05 bits per heavy atom. The number of fused-ring (bicyclic) bond motifs is 2. The standard InChI is InChI=1S/C15H11N5O/c16-9-2-4-12-10(7-9)11(15(21)17-12)5-8-1-3-13-14(6-8)19-20-18-13/h1-7,17,21H,16H2/b8-5+. The molecule has 0 unspecified atom stereocenters. The molecule has 0 saturated heterocycles. The summed E-state index contributed by atoms with van der Waals surface area (Å²) in [5.41, 5.74) is 8.73. The second kappa shape index (κ2) is 4.17. The Morgan fingerprint density at radius 1 is 1.14 bits per heavy atom. The van der Waals surface area contributed by atoms with Crippen molar-refractivity contribution in [2.75, 3.05) is 5.73 Å². The quantitative estimate of drug-likeness (QED) is 0.592. The first-order chi connectivity index (χ1) is 10.2. The third-order valence-corrected chi connectivity index (χ3v) is 3.46. The molecule has 0 radical (unpaired) electrons. The van der Waals surface area contributed by atoms with Crippen molar-refractivity contribution in [1.29, 1.82) is 0 Å². The van der Waals surface area contributed by atoms with Gasteiger partial charge in [-0.25, -0.2) is 0 Å². The van der Waals surface area contributed by atoms with Crippen LogP contribution in [0.5, 0.6) is 5.88 Å². The van der Waals surface area contributed by atoms with Gasteiger partial charge in [-0.15, -0.1) is 10.2 Å². The molecular formula is C15H11N5O. The first kappa shape index (κ1) is 11.7. The monoisotopic (exact) mass is 277 g/mol. The van der Waals surface area contributed by atoms with E-state index in [0.29, 0.717) is 11.3 Å². The molecule has 0 aliphatic carbocycles. The zero-order valence-electron chi connectivity index (χ0n) is 10.9. The lowest BCUT2D eigenvalue weighted by molar-refractivity contribution is 0.457. The van der Waals surface area contributed by atoms with Crippen molar-refractivity contribution < 1.29 is 5.11 Å². The van der Waals surface area contributed by atoms with Gasteiger partial charge >= 0.3 is 0 Å². The number of aromatic nitrogens is 1. The zero-order valence-corrected chi connectivity index (χ0v) is 10.9. The van der Waals surface area contributed by atoms with E-state index in [4.69, 9.17) is 5.73 Å². The van der Waals surface area contributed by atoms with Gasteiger partial charge in [-0.1, -0.05) is 6.07 Å². The summed E-state index contributed by atoms with van der Waals surface area (Å²) in [6, 6.07) is 11.1. The molecule has 1 aliphatic rings. The van der Waals surface area contributed by atoms with Gasteiger partial charge in [0.05, 0.1) is 0 Å². The Morgan fingerprint density at radius 3 is 2.95 bits per heavy atom.